The van der Waals surface area contributed by atoms with Crippen molar-refractivity contribution in [2.45, 2.75) is 51.3 Å². The lowest BCUT2D eigenvalue weighted by Crippen LogP contribution is -2.28. The lowest BCUT2D eigenvalue weighted by atomic mass is 9.87. The quantitative estimate of drug-likeness (QED) is 0.421. The molecule has 1 atom stereocenters. The van der Waals surface area contributed by atoms with Gasteiger partial charge in [0.25, 0.3) is 5.91 Å². The average molecular weight is 473 g/mol. The third-order valence-electron chi connectivity index (χ3n) is 6.08. The van der Waals surface area contributed by atoms with Crippen LogP contribution in [0, 0.1) is 0 Å². The Kier molecular flexibility index (Phi) is 7.13. The van der Waals surface area contributed by atoms with Gasteiger partial charge in [-0.1, -0.05) is 76.6 Å². The standard InChI is InChI=1S/C29H32N2O2S/c1-5-9-20-10-6-7-13-25(20)31-26(32)19-34-28(31)22-11-8-12-24(18-22)30-27(33)21-14-16-23(17-15-21)29(2,3)4/h6-8,10-18,28H,5,9,19H2,1-4H3,(H,30,33)/t28-/m1/s1. The first-order valence-electron chi connectivity index (χ1n) is 11.8. The summed E-state index contributed by atoms with van der Waals surface area (Å²) < 4.78 is 0. The number of hydrogen-bond donors (Lipinski definition) is 1. The summed E-state index contributed by atoms with van der Waals surface area (Å²) in [4.78, 5) is 27.7. The van der Waals surface area contributed by atoms with Crippen molar-refractivity contribution in [2.75, 3.05) is 16.0 Å². The minimum absolute atomic E-state index is 0.0430. The van der Waals surface area contributed by atoms with E-state index < -0.39 is 0 Å². The predicted octanol–water partition coefficient (Wildman–Crippen LogP) is 6.97. The number of benzene rings is 3. The van der Waals surface area contributed by atoms with Gasteiger partial charge in [0.15, 0.2) is 0 Å². The zero-order valence-corrected chi connectivity index (χ0v) is 21.1. The Morgan fingerprint density at radius 3 is 2.47 bits per heavy atom. The minimum atomic E-state index is -0.141. The predicted molar refractivity (Wildman–Crippen MR) is 143 cm³/mol. The van der Waals surface area contributed by atoms with Gasteiger partial charge >= 0.3 is 0 Å². The molecule has 0 saturated carbocycles. The Morgan fingerprint density at radius 1 is 1.03 bits per heavy atom. The summed E-state index contributed by atoms with van der Waals surface area (Å²) >= 11 is 1.62. The van der Waals surface area contributed by atoms with Crippen LogP contribution in [0.5, 0.6) is 0 Å². The van der Waals surface area contributed by atoms with Crippen LogP contribution >= 0.6 is 11.8 Å². The molecule has 1 saturated heterocycles. The normalized spacial score (nSPS) is 16.1. The Balaban J connectivity index is 1.56. The topological polar surface area (TPSA) is 49.4 Å². The molecule has 0 unspecified atom stereocenters. The van der Waals surface area contributed by atoms with E-state index in [4.69, 9.17) is 0 Å². The largest absolute Gasteiger partial charge is 0.322 e. The number of amides is 2. The Morgan fingerprint density at radius 2 is 1.76 bits per heavy atom. The van der Waals surface area contributed by atoms with E-state index >= 15 is 0 Å². The van der Waals surface area contributed by atoms with Gasteiger partial charge in [0.1, 0.15) is 5.37 Å². The average Bonchev–Trinajstić information content (AvgIpc) is 3.20. The third kappa shape index (κ3) is 5.20. The SMILES string of the molecule is CCCc1ccccc1N1C(=O)CS[C@@H]1c1cccc(NC(=O)c2ccc(C(C)(C)C)cc2)c1. The van der Waals surface area contributed by atoms with Crippen LogP contribution in [-0.4, -0.2) is 17.6 Å². The highest BCUT2D eigenvalue weighted by molar-refractivity contribution is 8.00. The summed E-state index contributed by atoms with van der Waals surface area (Å²) in [6, 6.07) is 23.8. The van der Waals surface area contributed by atoms with Crippen molar-refractivity contribution in [2.24, 2.45) is 0 Å². The van der Waals surface area contributed by atoms with Gasteiger partial charge in [-0.25, -0.2) is 0 Å². The van der Waals surface area contributed by atoms with Gasteiger partial charge in [-0.05, 0) is 58.9 Å². The van der Waals surface area contributed by atoms with Crippen LogP contribution in [0.3, 0.4) is 0 Å². The summed E-state index contributed by atoms with van der Waals surface area (Å²) in [5, 5.41) is 2.91. The molecule has 1 fully saturated rings. The highest BCUT2D eigenvalue weighted by Crippen LogP contribution is 2.43. The van der Waals surface area contributed by atoms with E-state index in [1.54, 1.807) is 11.8 Å². The van der Waals surface area contributed by atoms with Crippen molar-refractivity contribution < 1.29 is 9.59 Å². The van der Waals surface area contributed by atoms with Gasteiger partial charge in [0.2, 0.25) is 5.91 Å². The second-order valence-corrected chi connectivity index (χ2v) is 10.8. The highest BCUT2D eigenvalue weighted by Gasteiger charge is 2.35. The molecule has 5 heteroatoms. The zero-order chi connectivity index (χ0) is 24.3. The van der Waals surface area contributed by atoms with E-state index in [9.17, 15) is 9.59 Å². The van der Waals surface area contributed by atoms with Crippen molar-refractivity contribution in [1.82, 2.24) is 0 Å². The van der Waals surface area contributed by atoms with E-state index in [2.05, 4.69) is 39.1 Å². The number of carbonyl (C=O) groups excluding carboxylic acids is 2. The number of hydrogen-bond acceptors (Lipinski definition) is 3. The maximum atomic E-state index is 12.9. The number of thioether (sulfide) groups is 1. The molecule has 1 aliphatic rings. The lowest BCUT2D eigenvalue weighted by Gasteiger charge is -2.27. The smallest absolute Gasteiger partial charge is 0.255 e. The molecule has 1 N–H and O–H groups in total. The molecular formula is C29H32N2O2S. The number of nitrogens with zero attached hydrogens (tertiary/aromatic N) is 1. The van der Waals surface area contributed by atoms with Gasteiger partial charge in [-0.2, -0.15) is 0 Å². The van der Waals surface area contributed by atoms with E-state index in [0.29, 0.717) is 11.3 Å². The number of rotatable bonds is 6. The summed E-state index contributed by atoms with van der Waals surface area (Å²) in [5.74, 6) is 0.423. The minimum Gasteiger partial charge on any atom is -0.322 e. The molecule has 0 radical (unpaired) electrons. The number of aryl methyl sites for hydroxylation is 1. The second kappa shape index (κ2) is 10.1. The molecule has 1 aliphatic heterocycles. The van der Waals surface area contributed by atoms with Crippen LogP contribution in [0.25, 0.3) is 0 Å². The molecule has 2 amide bonds. The van der Waals surface area contributed by atoms with Crippen LogP contribution in [0.15, 0.2) is 72.8 Å². The molecule has 4 rings (SSSR count). The van der Waals surface area contributed by atoms with E-state index in [0.717, 1.165) is 29.8 Å². The summed E-state index contributed by atoms with van der Waals surface area (Å²) in [7, 11) is 0. The number of carbonyl (C=O) groups is 2. The van der Waals surface area contributed by atoms with E-state index in [-0.39, 0.29) is 22.6 Å². The third-order valence-corrected chi connectivity index (χ3v) is 7.29. The van der Waals surface area contributed by atoms with Crippen LogP contribution in [0.4, 0.5) is 11.4 Å². The fourth-order valence-electron chi connectivity index (χ4n) is 4.25. The molecule has 0 bridgehead atoms. The van der Waals surface area contributed by atoms with Crippen LogP contribution in [0.1, 0.15) is 66.5 Å². The lowest BCUT2D eigenvalue weighted by molar-refractivity contribution is -0.115. The molecule has 1 heterocycles. The Hall–Kier alpha value is -3.05. The first kappa shape index (κ1) is 24.1. The fourth-order valence-corrected chi connectivity index (χ4v) is 5.41. The van der Waals surface area contributed by atoms with Crippen LogP contribution < -0.4 is 10.2 Å². The van der Waals surface area contributed by atoms with E-state index in [1.807, 2.05) is 71.6 Å². The monoisotopic (exact) mass is 472 g/mol. The Labute approximate surface area is 206 Å². The van der Waals surface area contributed by atoms with Gasteiger partial charge in [-0.15, -0.1) is 11.8 Å². The van der Waals surface area contributed by atoms with Crippen molar-refractivity contribution in [3.05, 3.63) is 95.1 Å². The molecule has 0 spiro atoms. The van der Waals surface area contributed by atoms with Crippen molar-refractivity contribution in [1.29, 1.82) is 0 Å². The molecule has 3 aromatic rings. The van der Waals surface area contributed by atoms with Crippen molar-refractivity contribution in [3.8, 4) is 0 Å². The summed E-state index contributed by atoms with van der Waals surface area (Å²) in [6.45, 7) is 8.62. The number of para-hydroxylation sites is 1. The first-order chi connectivity index (χ1) is 16.3. The van der Waals surface area contributed by atoms with Gasteiger partial charge in [0.05, 0.1) is 5.75 Å². The number of anilines is 2. The summed E-state index contributed by atoms with van der Waals surface area (Å²) in [6.07, 6.45) is 1.95. The van der Waals surface area contributed by atoms with Crippen molar-refractivity contribution >= 4 is 35.0 Å². The molecule has 3 aromatic carbocycles. The van der Waals surface area contributed by atoms with Gasteiger partial charge in [-0.3, -0.25) is 14.5 Å². The molecule has 4 nitrogen and oxygen atoms in total. The molecule has 0 aromatic heterocycles. The van der Waals surface area contributed by atoms with Gasteiger partial charge in [0, 0.05) is 16.9 Å². The molecular weight excluding hydrogens is 440 g/mol. The molecule has 0 aliphatic carbocycles. The maximum Gasteiger partial charge on any atom is 0.255 e. The fraction of sp³-hybridized carbons (Fsp3) is 0.310. The maximum absolute atomic E-state index is 12.9. The Bertz CT molecular complexity index is 1180. The molecule has 34 heavy (non-hydrogen) atoms. The summed E-state index contributed by atoms with van der Waals surface area (Å²) in [5.41, 5.74) is 5.76. The van der Waals surface area contributed by atoms with Crippen LogP contribution in [-0.2, 0) is 16.6 Å². The molecule has 176 valence electrons. The number of nitrogens with one attached hydrogen (secondary N) is 1. The van der Waals surface area contributed by atoms with Crippen LogP contribution in [0.2, 0.25) is 0 Å². The zero-order valence-electron chi connectivity index (χ0n) is 20.3. The van der Waals surface area contributed by atoms with E-state index in [1.165, 1.54) is 11.1 Å². The first-order valence-corrected chi connectivity index (χ1v) is 12.9. The second-order valence-electron chi connectivity index (χ2n) is 9.71. The van der Waals surface area contributed by atoms with Gasteiger partial charge < -0.3 is 5.32 Å². The van der Waals surface area contributed by atoms with Crippen molar-refractivity contribution in [3.63, 3.8) is 0 Å². The highest BCUT2D eigenvalue weighted by atomic mass is 32.2.